The molecule has 0 atom stereocenters. The van der Waals surface area contributed by atoms with Gasteiger partial charge in [0.15, 0.2) is 5.82 Å². The predicted molar refractivity (Wildman–Crippen MR) is 54.8 cm³/mol. The number of rotatable bonds is 4. The van der Waals surface area contributed by atoms with Crippen LogP contribution in [0.1, 0.15) is 17.1 Å². The van der Waals surface area contributed by atoms with E-state index in [1.165, 1.54) is 0 Å². The lowest BCUT2D eigenvalue weighted by atomic mass is 10.3. The summed E-state index contributed by atoms with van der Waals surface area (Å²) in [5.41, 5.74) is 1.71. The Labute approximate surface area is 92.1 Å². The van der Waals surface area contributed by atoms with Gasteiger partial charge in [-0.05, 0) is 11.6 Å². The Kier molecular flexibility index (Phi) is 2.93. The van der Waals surface area contributed by atoms with Crippen molar-refractivity contribution in [2.24, 2.45) is 7.05 Å². The molecule has 7 nitrogen and oxygen atoms in total. The summed E-state index contributed by atoms with van der Waals surface area (Å²) in [5, 5.41) is 25.4. The molecule has 0 radical (unpaired) electrons. The summed E-state index contributed by atoms with van der Waals surface area (Å²) in [5.74, 6) is 0.622. The van der Waals surface area contributed by atoms with Crippen LogP contribution in [-0.4, -0.2) is 25.2 Å². The highest BCUT2D eigenvalue weighted by atomic mass is 15.5. The highest BCUT2D eigenvalue weighted by Gasteiger charge is 2.02. The van der Waals surface area contributed by atoms with E-state index in [1.54, 1.807) is 4.57 Å². The maximum atomic E-state index is 8.78. The summed E-state index contributed by atoms with van der Waals surface area (Å²) in [4.78, 5) is 0. The van der Waals surface area contributed by atoms with Crippen LogP contribution >= 0.6 is 0 Å². The number of nitrogens with one attached hydrogen (secondary N) is 2. The number of hydrogen-bond donors (Lipinski definition) is 2. The minimum Gasteiger partial charge on any atom is -0.342 e. The van der Waals surface area contributed by atoms with Gasteiger partial charge in [0.25, 0.3) is 0 Å². The van der Waals surface area contributed by atoms with E-state index in [0.29, 0.717) is 24.6 Å². The molecule has 0 bridgehead atoms. The third-order valence-corrected chi connectivity index (χ3v) is 2.18. The summed E-state index contributed by atoms with van der Waals surface area (Å²) in [6.07, 6.45) is 1.92. The van der Waals surface area contributed by atoms with Crippen molar-refractivity contribution in [1.29, 1.82) is 5.26 Å². The molecule has 0 saturated carbocycles. The van der Waals surface area contributed by atoms with Crippen molar-refractivity contribution in [3.8, 4) is 6.07 Å². The third-order valence-electron chi connectivity index (χ3n) is 2.18. The van der Waals surface area contributed by atoms with Gasteiger partial charge < -0.3 is 9.88 Å². The summed E-state index contributed by atoms with van der Waals surface area (Å²) in [6, 6.07) is 3.97. The fraction of sp³-hybridized carbons (Fsp3) is 0.333. The molecular formula is C9H11N7. The fourth-order valence-corrected chi connectivity index (χ4v) is 1.42. The number of aromatic nitrogens is 5. The van der Waals surface area contributed by atoms with Crippen LogP contribution in [0.2, 0.25) is 0 Å². The lowest BCUT2D eigenvalue weighted by Gasteiger charge is -1.97. The van der Waals surface area contributed by atoms with Crippen molar-refractivity contribution in [2.45, 2.75) is 13.1 Å². The van der Waals surface area contributed by atoms with Crippen LogP contribution in [0, 0.1) is 11.3 Å². The topological polar surface area (TPSA) is 95.2 Å². The van der Waals surface area contributed by atoms with Gasteiger partial charge >= 0.3 is 0 Å². The zero-order chi connectivity index (χ0) is 11.4. The lowest BCUT2D eigenvalue weighted by Crippen LogP contribution is -2.13. The van der Waals surface area contributed by atoms with Gasteiger partial charge in [-0.1, -0.05) is 5.21 Å². The van der Waals surface area contributed by atoms with E-state index in [0.717, 1.165) is 5.56 Å². The Morgan fingerprint density at radius 3 is 3.06 bits per heavy atom. The van der Waals surface area contributed by atoms with E-state index in [-0.39, 0.29) is 0 Å². The van der Waals surface area contributed by atoms with Crippen LogP contribution in [0.5, 0.6) is 0 Å². The van der Waals surface area contributed by atoms with Gasteiger partial charge in [-0.25, -0.2) is 0 Å². The van der Waals surface area contributed by atoms with Crippen LogP contribution in [-0.2, 0) is 20.1 Å². The zero-order valence-corrected chi connectivity index (χ0v) is 8.80. The molecule has 0 saturated heterocycles. The monoisotopic (exact) mass is 217 g/mol. The van der Waals surface area contributed by atoms with Crippen LogP contribution in [0.15, 0.2) is 12.3 Å². The first-order valence-corrected chi connectivity index (χ1v) is 4.78. The van der Waals surface area contributed by atoms with Crippen LogP contribution in [0.25, 0.3) is 0 Å². The van der Waals surface area contributed by atoms with Gasteiger partial charge in [-0.15, -0.1) is 10.2 Å². The van der Waals surface area contributed by atoms with Crippen molar-refractivity contribution in [2.75, 3.05) is 0 Å². The van der Waals surface area contributed by atoms with Gasteiger partial charge in [0.2, 0.25) is 0 Å². The Morgan fingerprint density at radius 1 is 1.56 bits per heavy atom. The number of H-pyrrole nitrogens is 1. The molecule has 0 aliphatic heterocycles. The minimum atomic E-state index is 0.549. The van der Waals surface area contributed by atoms with E-state index < -0.39 is 0 Å². The van der Waals surface area contributed by atoms with E-state index in [1.807, 2.05) is 19.3 Å². The average Bonchev–Trinajstić information content (AvgIpc) is 2.88. The number of nitrogens with zero attached hydrogens (tertiary/aromatic N) is 5. The molecule has 0 spiro atoms. The second kappa shape index (κ2) is 4.55. The minimum absolute atomic E-state index is 0.549. The van der Waals surface area contributed by atoms with Crippen molar-refractivity contribution in [3.05, 3.63) is 29.3 Å². The van der Waals surface area contributed by atoms with E-state index >= 15 is 0 Å². The summed E-state index contributed by atoms with van der Waals surface area (Å²) < 4.78 is 1.80. The summed E-state index contributed by atoms with van der Waals surface area (Å²) in [6.45, 7) is 1.22. The number of nitriles is 1. The molecule has 82 valence electrons. The molecule has 7 heteroatoms. The van der Waals surface area contributed by atoms with Gasteiger partial charge in [0.1, 0.15) is 11.8 Å². The van der Waals surface area contributed by atoms with Gasteiger partial charge in [-0.2, -0.15) is 10.5 Å². The fourth-order valence-electron chi connectivity index (χ4n) is 1.42. The molecule has 2 N–H and O–H groups in total. The van der Waals surface area contributed by atoms with Gasteiger partial charge in [-0.3, -0.25) is 0 Å². The Bertz CT molecular complexity index is 490. The van der Waals surface area contributed by atoms with E-state index in [4.69, 9.17) is 5.26 Å². The van der Waals surface area contributed by atoms with Crippen molar-refractivity contribution in [1.82, 2.24) is 30.5 Å². The molecule has 2 heterocycles. The molecule has 2 aromatic rings. The molecule has 2 rings (SSSR count). The molecule has 0 fully saturated rings. The standard InChI is InChI=1S/C9H11N7/c1-16-6-7(2-8(16)3-10)4-11-5-9-12-14-15-13-9/h2,6,11H,4-5H2,1H3,(H,12,13,14,15). The number of aryl methyl sites for hydroxylation is 1. The maximum Gasteiger partial charge on any atom is 0.188 e. The Morgan fingerprint density at radius 2 is 2.44 bits per heavy atom. The largest absolute Gasteiger partial charge is 0.342 e. The molecule has 2 aromatic heterocycles. The van der Waals surface area contributed by atoms with Crippen LogP contribution < -0.4 is 5.32 Å². The number of hydrogen-bond acceptors (Lipinski definition) is 5. The zero-order valence-electron chi connectivity index (χ0n) is 8.80. The maximum absolute atomic E-state index is 8.78. The molecule has 0 amide bonds. The van der Waals surface area contributed by atoms with E-state index in [9.17, 15) is 0 Å². The number of aromatic amines is 1. The van der Waals surface area contributed by atoms with Crippen molar-refractivity contribution >= 4 is 0 Å². The Balaban J connectivity index is 1.88. The van der Waals surface area contributed by atoms with Crippen LogP contribution in [0.4, 0.5) is 0 Å². The average molecular weight is 217 g/mol. The van der Waals surface area contributed by atoms with Crippen molar-refractivity contribution in [3.63, 3.8) is 0 Å². The SMILES string of the molecule is Cn1cc(CNCc2nn[nH]n2)cc1C#N. The molecule has 0 aromatic carbocycles. The van der Waals surface area contributed by atoms with E-state index in [2.05, 4.69) is 32.0 Å². The molecule has 0 unspecified atom stereocenters. The first kappa shape index (κ1) is 10.3. The Hall–Kier alpha value is -2.20. The number of tetrazole rings is 1. The summed E-state index contributed by atoms with van der Waals surface area (Å²) >= 11 is 0. The smallest absolute Gasteiger partial charge is 0.188 e. The highest BCUT2D eigenvalue weighted by Crippen LogP contribution is 2.05. The normalized spacial score (nSPS) is 10.2. The van der Waals surface area contributed by atoms with Crippen molar-refractivity contribution < 1.29 is 0 Å². The highest BCUT2D eigenvalue weighted by molar-refractivity contribution is 5.28. The second-order valence-corrected chi connectivity index (χ2v) is 3.39. The van der Waals surface area contributed by atoms with Crippen LogP contribution in [0.3, 0.4) is 0 Å². The first-order chi connectivity index (χ1) is 7.79. The molecular weight excluding hydrogens is 206 g/mol. The second-order valence-electron chi connectivity index (χ2n) is 3.39. The molecule has 16 heavy (non-hydrogen) atoms. The lowest BCUT2D eigenvalue weighted by molar-refractivity contribution is 0.662. The molecule has 0 aliphatic carbocycles. The summed E-state index contributed by atoms with van der Waals surface area (Å²) in [7, 11) is 1.85. The van der Waals surface area contributed by atoms with Gasteiger partial charge in [0, 0.05) is 19.8 Å². The van der Waals surface area contributed by atoms with Gasteiger partial charge in [0.05, 0.1) is 6.54 Å². The molecule has 0 aliphatic rings. The third kappa shape index (κ3) is 2.24. The predicted octanol–water partition coefficient (Wildman–Crippen LogP) is -0.300. The first-order valence-electron chi connectivity index (χ1n) is 4.78. The quantitative estimate of drug-likeness (QED) is 0.733.